The summed E-state index contributed by atoms with van der Waals surface area (Å²) < 4.78 is 0. The molecule has 0 saturated carbocycles. The molecule has 0 radical (unpaired) electrons. The van der Waals surface area contributed by atoms with Crippen LogP contribution in [0, 0.1) is 10.1 Å². The van der Waals surface area contributed by atoms with E-state index in [0.29, 0.717) is 5.56 Å². The Hall–Kier alpha value is -2.74. The van der Waals surface area contributed by atoms with Gasteiger partial charge in [0.15, 0.2) is 0 Å². The average Bonchev–Trinajstić information content (AvgIpc) is 2.38. The Morgan fingerprint density at radius 2 is 2.20 bits per heavy atom. The summed E-state index contributed by atoms with van der Waals surface area (Å²) in [6, 6.07) is 7.42. The molecule has 2 rings (SSSR count). The molecule has 1 aromatic heterocycles. The normalized spacial score (nSPS) is 10.7. The quantitative estimate of drug-likeness (QED) is 0.385. The standard InChI is InChI=1S/C11H9ClN6O2/c12-9-5-10(13)16-11(15-9)17-14-6-7-2-1-3-8(4-7)18(19)20/h1-6H,(H3,13,15,16,17). The third-order valence-corrected chi connectivity index (χ3v) is 2.37. The van der Waals surface area contributed by atoms with Crippen LogP contribution in [0.4, 0.5) is 17.5 Å². The summed E-state index contributed by atoms with van der Waals surface area (Å²) in [4.78, 5) is 17.9. The zero-order valence-electron chi connectivity index (χ0n) is 10.0. The fraction of sp³-hybridized carbons (Fsp3) is 0. The molecule has 9 heteroatoms. The van der Waals surface area contributed by atoms with Gasteiger partial charge in [-0.15, -0.1) is 0 Å². The minimum Gasteiger partial charge on any atom is -0.383 e. The molecule has 0 atom stereocenters. The Kier molecular flexibility index (Phi) is 4.06. The van der Waals surface area contributed by atoms with E-state index in [2.05, 4.69) is 20.5 Å². The number of nitro groups is 1. The zero-order chi connectivity index (χ0) is 14.5. The highest BCUT2D eigenvalue weighted by molar-refractivity contribution is 6.29. The number of hydrogen-bond acceptors (Lipinski definition) is 7. The number of halogens is 1. The molecule has 0 unspecified atom stereocenters. The maximum Gasteiger partial charge on any atom is 0.270 e. The van der Waals surface area contributed by atoms with Crippen molar-refractivity contribution >= 4 is 35.3 Å². The number of nitrogens with one attached hydrogen (secondary N) is 1. The van der Waals surface area contributed by atoms with Gasteiger partial charge in [0.2, 0.25) is 5.95 Å². The molecule has 0 amide bonds. The number of anilines is 2. The molecule has 0 aliphatic rings. The van der Waals surface area contributed by atoms with E-state index in [0.717, 1.165) is 0 Å². The van der Waals surface area contributed by atoms with E-state index in [1.54, 1.807) is 12.1 Å². The first-order valence-corrected chi connectivity index (χ1v) is 5.76. The van der Waals surface area contributed by atoms with E-state index in [9.17, 15) is 10.1 Å². The van der Waals surface area contributed by atoms with Crippen molar-refractivity contribution in [2.75, 3.05) is 11.2 Å². The summed E-state index contributed by atoms with van der Waals surface area (Å²) in [6.45, 7) is 0. The second-order valence-corrected chi connectivity index (χ2v) is 4.05. The van der Waals surface area contributed by atoms with Gasteiger partial charge in [0.05, 0.1) is 11.1 Å². The Bertz CT molecular complexity index is 655. The molecule has 2 aromatic rings. The van der Waals surface area contributed by atoms with Gasteiger partial charge < -0.3 is 5.73 Å². The van der Waals surface area contributed by atoms with Crippen molar-refractivity contribution in [2.45, 2.75) is 0 Å². The zero-order valence-corrected chi connectivity index (χ0v) is 10.8. The highest BCUT2D eigenvalue weighted by atomic mass is 35.5. The lowest BCUT2D eigenvalue weighted by Gasteiger charge is -2.00. The fourth-order valence-corrected chi connectivity index (χ4v) is 1.56. The van der Waals surface area contributed by atoms with E-state index in [1.165, 1.54) is 24.4 Å². The number of nitro benzene ring substituents is 1. The van der Waals surface area contributed by atoms with Crippen molar-refractivity contribution in [3.05, 3.63) is 51.2 Å². The highest BCUT2D eigenvalue weighted by Gasteiger charge is 2.04. The predicted molar refractivity (Wildman–Crippen MR) is 75.8 cm³/mol. The maximum absolute atomic E-state index is 10.6. The Balaban J connectivity index is 2.10. The van der Waals surface area contributed by atoms with Crippen LogP contribution < -0.4 is 11.2 Å². The molecular weight excluding hydrogens is 284 g/mol. The molecule has 20 heavy (non-hydrogen) atoms. The van der Waals surface area contributed by atoms with E-state index in [-0.39, 0.29) is 22.6 Å². The number of hydrazone groups is 1. The topological polar surface area (TPSA) is 119 Å². The van der Waals surface area contributed by atoms with Crippen LogP contribution in [0.15, 0.2) is 35.4 Å². The first-order valence-electron chi connectivity index (χ1n) is 5.38. The number of nitrogen functional groups attached to an aromatic ring is 1. The number of hydrogen-bond donors (Lipinski definition) is 2. The second kappa shape index (κ2) is 5.93. The Morgan fingerprint density at radius 1 is 1.40 bits per heavy atom. The van der Waals surface area contributed by atoms with Gasteiger partial charge in [0, 0.05) is 23.8 Å². The lowest BCUT2D eigenvalue weighted by atomic mass is 10.2. The van der Waals surface area contributed by atoms with Crippen LogP contribution in [0.3, 0.4) is 0 Å². The summed E-state index contributed by atoms with van der Waals surface area (Å²) in [5, 5.41) is 14.7. The first kappa shape index (κ1) is 13.7. The van der Waals surface area contributed by atoms with E-state index in [4.69, 9.17) is 17.3 Å². The van der Waals surface area contributed by atoms with Gasteiger partial charge in [-0.1, -0.05) is 23.7 Å². The van der Waals surface area contributed by atoms with Gasteiger partial charge in [-0.05, 0) is 0 Å². The Morgan fingerprint density at radius 3 is 2.90 bits per heavy atom. The average molecular weight is 293 g/mol. The summed E-state index contributed by atoms with van der Waals surface area (Å²) in [7, 11) is 0. The largest absolute Gasteiger partial charge is 0.383 e. The molecule has 0 saturated heterocycles. The van der Waals surface area contributed by atoms with Crippen molar-refractivity contribution in [2.24, 2.45) is 5.10 Å². The lowest BCUT2D eigenvalue weighted by Crippen LogP contribution is -2.00. The lowest BCUT2D eigenvalue weighted by molar-refractivity contribution is -0.384. The van der Waals surface area contributed by atoms with Gasteiger partial charge in [-0.25, -0.2) is 5.43 Å². The maximum atomic E-state index is 10.6. The number of rotatable bonds is 4. The predicted octanol–water partition coefficient (Wildman–Crippen LogP) is 2.07. The van der Waals surface area contributed by atoms with Gasteiger partial charge in [0.25, 0.3) is 5.69 Å². The van der Waals surface area contributed by atoms with Gasteiger partial charge in [-0.2, -0.15) is 15.1 Å². The monoisotopic (exact) mass is 292 g/mol. The molecule has 1 heterocycles. The second-order valence-electron chi connectivity index (χ2n) is 3.66. The number of nitrogens with two attached hydrogens (primary N) is 1. The smallest absolute Gasteiger partial charge is 0.270 e. The molecule has 8 nitrogen and oxygen atoms in total. The SMILES string of the molecule is Nc1cc(Cl)nc(NN=Cc2cccc([N+](=O)[O-])c2)n1. The van der Waals surface area contributed by atoms with E-state index < -0.39 is 4.92 Å². The first-order chi connectivity index (χ1) is 9.54. The van der Waals surface area contributed by atoms with Crippen LogP contribution in [-0.2, 0) is 0 Å². The van der Waals surface area contributed by atoms with Crippen molar-refractivity contribution in [1.82, 2.24) is 9.97 Å². The van der Waals surface area contributed by atoms with E-state index >= 15 is 0 Å². The summed E-state index contributed by atoms with van der Waals surface area (Å²) in [5.41, 5.74) is 8.57. The van der Waals surface area contributed by atoms with Crippen molar-refractivity contribution < 1.29 is 4.92 Å². The van der Waals surface area contributed by atoms with Crippen LogP contribution in [0.2, 0.25) is 5.15 Å². The third-order valence-electron chi connectivity index (χ3n) is 2.17. The summed E-state index contributed by atoms with van der Waals surface area (Å²) in [5.74, 6) is 0.342. The van der Waals surface area contributed by atoms with Gasteiger partial charge in [0.1, 0.15) is 11.0 Å². The van der Waals surface area contributed by atoms with E-state index in [1.807, 2.05) is 0 Å². The van der Waals surface area contributed by atoms with Gasteiger partial charge >= 0.3 is 0 Å². The van der Waals surface area contributed by atoms with Gasteiger partial charge in [-0.3, -0.25) is 10.1 Å². The highest BCUT2D eigenvalue weighted by Crippen LogP contribution is 2.13. The fourth-order valence-electron chi connectivity index (χ4n) is 1.37. The molecule has 0 aliphatic carbocycles. The van der Waals surface area contributed by atoms with Crippen LogP contribution in [0.1, 0.15) is 5.56 Å². The van der Waals surface area contributed by atoms with Crippen LogP contribution in [0.5, 0.6) is 0 Å². The van der Waals surface area contributed by atoms with Crippen molar-refractivity contribution in [3.8, 4) is 0 Å². The molecule has 0 spiro atoms. The summed E-state index contributed by atoms with van der Waals surface area (Å²) >= 11 is 5.70. The number of benzene rings is 1. The van der Waals surface area contributed by atoms with Crippen LogP contribution in [-0.4, -0.2) is 21.1 Å². The Labute approximate surface area is 118 Å². The minimum absolute atomic E-state index is 0.0165. The number of nitrogens with zero attached hydrogens (tertiary/aromatic N) is 4. The van der Waals surface area contributed by atoms with Crippen molar-refractivity contribution in [1.29, 1.82) is 0 Å². The van der Waals surface area contributed by atoms with Crippen LogP contribution in [0.25, 0.3) is 0 Å². The molecular formula is C11H9ClN6O2. The minimum atomic E-state index is -0.481. The molecule has 3 N–H and O–H groups in total. The van der Waals surface area contributed by atoms with Crippen LogP contribution >= 0.6 is 11.6 Å². The van der Waals surface area contributed by atoms with Crippen molar-refractivity contribution in [3.63, 3.8) is 0 Å². The number of non-ortho nitro benzene ring substituents is 1. The summed E-state index contributed by atoms with van der Waals surface area (Å²) in [6.07, 6.45) is 1.40. The molecule has 0 bridgehead atoms. The molecule has 102 valence electrons. The molecule has 0 fully saturated rings. The molecule has 0 aliphatic heterocycles. The number of aromatic nitrogens is 2. The molecule has 1 aromatic carbocycles. The third kappa shape index (κ3) is 3.62.